The van der Waals surface area contributed by atoms with Gasteiger partial charge in [0, 0.05) is 11.5 Å². The van der Waals surface area contributed by atoms with Crippen molar-refractivity contribution in [2.75, 3.05) is 7.11 Å². The smallest absolute Gasteiger partial charge is 0.170 e. The van der Waals surface area contributed by atoms with Gasteiger partial charge in [0.2, 0.25) is 0 Å². The number of ether oxygens (including phenoxy) is 1. The highest BCUT2D eigenvalue weighted by molar-refractivity contribution is 5.38. The van der Waals surface area contributed by atoms with Crippen molar-refractivity contribution in [3.8, 4) is 5.75 Å². The number of hydrogen-bond acceptors (Lipinski definition) is 2. The second kappa shape index (κ2) is 5.86. The van der Waals surface area contributed by atoms with Gasteiger partial charge in [0.25, 0.3) is 0 Å². The molecule has 2 unspecified atom stereocenters. The first-order chi connectivity index (χ1) is 10.2. The highest BCUT2D eigenvalue weighted by Crippen LogP contribution is 2.41. The quantitative estimate of drug-likeness (QED) is 0.924. The molecule has 0 fully saturated rings. The Hall–Kier alpha value is -1.87. The van der Waals surface area contributed by atoms with Crippen LogP contribution in [0.25, 0.3) is 0 Å². The first kappa shape index (κ1) is 14.1. The summed E-state index contributed by atoms with van der Waals surface area (Å²) in [4.78, 5) is 0. The summed E-state index contributed by atoms with van der Waals surface area (Å²) in [6.45, 7) is 0. The summed E-state index contributed by atoms with van der Waals surface area (Å²) in [6, 6.07) is 13.1. The fraction of sp³-hybridized carbons (Fsp3) is 0.333. The molecule has 0 saturated carbocycles. The van der Waals surface area contributed by atoms with Crippen LogP contribution in [0.2, 0.25) is 0 Å². The zero-order valence-corrected chi connectivity index (χ0v) is 12.1. The van der Waals surface area contributed by atoms with Gasteiger partial charge in [0.05, 0.1) is 13.2 Å². The van der Waals surface area contributed by atoms with Gasteiger partial charge in [-0.1, -0.05) is 36.4 Å². The highest BCUT2D eigenvalue weighted by atomic mass is 19.1. The van der Waals surface area contributed by atoms with E-state index < -0.39 is 11.9 Å². The Balaban J connectivity index is 1.98. The predicted molar refractivity (Wildman–Crippen MR) is 80.0 cm³/mol. The molecule has 110 valence electrons. The maximum atomic E-state index is 14.4. The Bertz CT molecular complexity index is 639. The van der Waals surface area contributed by atoms with E-state index in [0.29, 0.717) is 5.56 Å². The molecule has 3 heteroatoms. The van der Waals surface area contributed by atoms with Crippen molar-refractivity contribution in [2.45, 2.75) is 31.3 Å². The first-order valence-electron chi connectivity index (χ1n) is 7.30. The molecule has 0 heterocycles. The van der Waals surface area contributed by atoms with Gasteiger partial charge >= 0.3 is 0 Å². The van der Waals surface area contributed by atoms with E-state index in [1.54, 1.807) is 18.2 Å². The summed E-state index contributed by atoms with van der Waals surface area (Å²) in [5, 5.41) is 10.7. The van der Waals surface area contributed by atoms with E-state index in [0.717, 1.165) is 24.8 Å². The topological polar surface area (TPSA) is 29.5 Å². The zero-order valence-electron chi connectivity index (χ0n) is 12.1. The molecule has 2 atom stereocenters. The lowest BCUT2D eigenvalue weighted by Gasteiger charge is -2.30. The molecular formula is C18H19FO2. The van der Waals surface area contributed by atoms with Crippen LogP contribution >= 0.6 is 0 Å². The minimum Gasteiger partial charge on any atom is -0.494 e. The molecule has 1 aliphatic rings. The zero-order chi connectivity index (χ0) is 14.8. The number of aliphatic hydroxyl groups excluding tert-OH is 1. The molecule has 2 aromatic rings. The van der Waals surface area contributed by atoms with Crippen molar-refractivity contribution in [3.63, 3.8) is 0 Å². The Kier molecular flexibility index (Phi) is 3.93. The minimum absolute atomic E-state index is 0.0587. The van der Waals surface area contributed by atoms with Crippen LogP contribution in [0.15, 0.2) is 42.5 Å². The molecule has 1 aliphatic carbocycles. The minimum atomic E-state index is -0.846. The van der Waals surface area contributed by atoms with Gasteiger partial charge in [0.15, 0.2) is 11.6 Å². The summed E-state index contributed by atoms with van der Waals surface area (Å²) < 4.78 is 19.4. The van der Waals surface area contributed by atoms with Crippen molar-refractivity contribution in [2.24, 2.45) is 0 Å². The SMILES string of the molecule is COc1cccc(C(O)C2CCCc3ccccc32)c1F. The Morgan fingerprint density at radius 3 is 2.81 bits per heavy atom. The molecular weight excluding hydrogens is 267 g/mol. The van der Waals surface area contributed by atoms with Gasteiger partial charge in [-0.25, -0.2) is 4.39 Å². The van der Waals surface area contributed by atoms with Gasteiger partial charge in [-0.05, 0) is 36.5 Å². The normalized spacial score (nSPS) is 18.9. The molecule has 2 aromatic carbocycles. The fourth-order valence-corrected chi connectivity index (χ4v) is 3.25. The molecule has 3 rings (SSSR count). The third kappa shape index (κ3) is 2.54. The third-order valence-corrected chi connectivity index (χ3v) is 4.33. The number of benzene rings is 2. The van der Waals surface area contributed by atoms with E-state index in [4.69, 9.17) is 4.74 Å². The fourth-order valence-electron chi connectivity index (χ4n) is 3.25. The molecule has 2 nitrogen and oxygen atoms in total. The number of rotatable bonds is 3. The Morgan fingerprint density at radius 2 is 2.00 bits per heavy atom. The predicted octanol–water partition coefficient (Wildman–Crippen LogP) is 3.99. The van der Waals surface area contributed by atoms with Gasteiger partial charge in [-0.15, -0.1) is 0 Å². The van der Waals surface area contributed by atoms with Crippen LogP contribution in [-0.2, 0) is 6.42 Å². The van der Waals surface area contributed by atoms with E-state index in [2.05, 4.69) is 6.07 Å². The van der Waals surface area contributed by atoms with Crippen LogP contribution < -0.4 is 4.74 Å². The number of halogens is 1. The van der Waals surface area contributed by atoms with Crippen LogP contribution in [-0.4, -0.2) is 12.2 Å². The van der Waals surface area contributed by atoms with E-state index in [1.807, 2.05) is 18.2 Å². The third-order valence-electron chi connectivity index (χ3n) is 4.33. The molecule has 0 radical (unpaired) electrons. The van der Waals surface area contributed by atoms with Gasteiger partial charge in [0.1, 0.15) is 0 Å². The first-order valence-corrected chi connectivity index (χ1v) is 7.30. The van der Waals surface area contributed by atoms with Gasteiger partial charge < -0.3 is 9.84 Å². The van der Waals surface area contributed by atoms with Crippen LogP contribution in [0, 0.1) is 5.82 Å². The maximum Gasteiger partial charge on any atom is 0.170 e. The lowest BCUT2D eigenvalue weighted by Crippen LogP contribution is -2.18. The molecule has 0 aromatic heterocycles. The van der Waals surface area contributed by atoms with Crippen molar-refractivity contribution in [1.29, 1.82) is 0 Å². The monoisotopic (exact) mass is 286 g/mol. The molecule has 0 aliphatic heterocycles. The van der Waals surface area contributed by atoms with Crippen LogP contribution in [0.5, 0.6) is 5.75 Å². The average Bonchev–Trinajstić information content (AvgIpc) is 2.54. The molecule has 0 bridgehead atoms. The number of fused-ring (bicyclic) bond motifs is 1. The lowest BCUT2D eigenvalue weighted by atomic mass is 9.78. The van der Waals surface area contributed by atoms with E-state index in [-0.39, 0.29) is 11.7 Å². The van der Waals surface area contributed by atoms with Crippen molar-refractivity contribution < 1.29 is 14.2 Å². The van der Waals surface area contributed by atoms with Crippen molar-refractivity contribution >= 4 is 0 Å². The van der Waals surface area contributed by atoms with Gasteiger partial charge in [-0.3, -0.25) is 0 Å². The molecule has 0 spiro atoms. The maximum absolute atomic E-state index is 14.4. The number of aryl methyl sites for hydroxylation is 1. The second-order valence-electron chi connectivity index (χ2n) is 5.51. The summed E-state index contributed by atoms with van der Waals surface area (Å²) in [6.07, 6.45) is 2.07. The van der Waals surface area contributed by atoms with Crippen LogP contribution in [0.3, 0.4) is 0 Å². The Morgan fingerprint density at radius 1 is 1.19 bits per heavy atom. The van der Waals surface area contributed by atoms with E-state index >= 15 is 0 Å². The van der Waals surface area contributed by atoms with E-state index in [9.17, 15) is 9.50 Å². The highest BCUT2D eigenvalue weighted by Gasteiger charge is 2.29. The largest absolute Gasteiger partial charge is 0.494 e. The Labute approximate surface area is 124 Å². The lowest BCUT2D eigenvalue weighted by molar-refractivity contribution is 0.131. The molecule has 0 amide bonds. The van der Waals surface area contributed by atoms with Crippen molar-refractivity contribution in [1.82, 2.24) is 0 Å². The summed E-state index contributed by atoms with van der Waals surface area (Å²) in [5.41, 5.74) is 2.71. The average molecular weight is 286 g/mol. The number of hydrogen-bond donors (Lipinski definition) is 1. The summed E-state index contributed by atoms with van der Waals surface area (Å²) in [5.74, 6) is -0.345. The number of aliphatic hydroxyl groups is 1. The van der Waals surface area contributed by atoms with Crippen LogP contribution in [0.4, 0.5) is 4.39 Å². The van der Waals surface area contributed by atoms with Crippen molar-refractivity contribution in [3.05, 3.63) is 65.0 Å². The van der Waals surface area contributed by atoms with Gasteiger partial charge in [-0.2, -0.15) is 0 Å². The molecule has 1 N–H and O–H groups in total. The number of methoxy groups -OCH3 is 1. The standard InChI is InChI=1S/C18H19FO2/c1-21-16-11-5-10-15(17(16)19)18(20)14-9-4-7-12-6-2-3-8-13(12)14/h2-3,5-6,8,10-11,14,18,20H,4,7,9H2,1H3. The van der Waals surface area contributed by atoms with Crippen LogP contribution in [0.1, 0.15) is 41.6 Å². The molecule has 21 heavy (non-hydrogen) atoms. The molecule has 0 saturated heterocycles. The van der Waals surface area contributed by atoms with E-state index in [1.165, 1.54) is 12.7 Å². The summed E-state index contributed by atoms with van der Waals surface area (Å²) >= 11 is 0. The second-order valence-corrected chi connectivity index (χ2v) is 5.51. The summed E-state index contributed by atoms with van der Waals surface area (Å²) in [7, 11) is 1.44.